The van der Waals surface area contributed by atoms with Crippen LogP contribution in [0.3, 0.4) is 0 Å². The summed E-state index contributed by atoms with van der Waals surface area (Å²) >= 11 is 0. The van der Waals surface area contributed by atoms with Gasteiger partial charge in [-0.25, -0.2) is 4.57 Å². The second kappa shape index (κ2) is 39.9. The fourth-order valence-electron chi connectivity index (χ4n) is 4.74. The molecule has 0 aliphatic rings. The van der Waals surface area contributed by atoms with Crippen LogP contribution in [0.2, 0.25) is 0 Å². The van der Waals surface area contributed by atoms with Gasteiger partial charge in [0, 0.05) is 12.8 Å². The molecule has 11 nitrogen and oxygen atoms in total. The smallest absolute Gasteiger partial charge is 0.472 e. The van der Waals surface area contributed by atoms with Crippen LogP contribution in [0.15, 0.2) is 109 Å². The third-order valence-corrected chi connectivity index (χ3v) is 8.96. The molecular formula is C46H72NO10P. The number of unbranched alkanes of at least 4 members (excludes halogenated alkanes) is 5. The predicted molar refractivity (Wildman–Crippen MR) is 235 cm³/mol. The number of hydrogen-bond acceptors (Lipinski definition) is 9. The molecule has 0 aromatic carbocycles. The van der Waals surface area contributed by atoms with Crippen LogP contribution < -0.4 is 5.73 Å². The maximum atomic E-state index is 12.6. The summed E-state index contributed by atoms with van der Waals surface area (Å²) in [6.45, 7) is 2.51. The molecule has 0 bridgehead atoms. The van der Waals surface area contributed by atoms with Crippen molar-refractivity contribution in [1.82, 2.24) is 0 Å². The van der Waals surface area contributed by atoms with Crippen LogP contribution in [-0.4, -0.2) is 59.9 Å². The fraction of sp³-hybridized carbons (Fsp3) is 0.543. The highest BCUT2D eigenvalue weighted by Crippen LogP contribution is 2.43. The van der Waals surface area contributed by atoms with Crippen LogP contribution in [0, 0.1) is 0 Å². The number of nitrogens with two attached hydrogens (primary N) is 1. The van der Waals surface area contributed by atoms with Gasteiger partial charge < -0.3 is 25.2 Å². The van der Waals surface area contributed by atoms with Crippen molar-refractivity contribution in [3.05, 3.63) is 109 Å². The van der Waals surface area contributed by atoms with Crippen molar-refractivity contribution in [2.45, 2.75) is 142 Å². The minimum atomic E-state index is -4.75. The summed E-state index contributed by atoms with van der Waals surface area (Å²) in [5.74, 6) is -2.55. The van der Waals surface area contributed by atoms with E-state index in [2.05, 4.69) is 103 Å². The molecule has 0 aromatic rings. The Morgan fingerprint density at radius 2 is 0.948 bits per heavy atom. The Hall–Kier alpha value is -3.86. The van der Waals surface area contributed by atoms with E-state index in [0.717, 1.165) is 57.8 Å². The molecule has 58 heavy (non-hydrogen) atoms. The van der Waals surface area contributed by atoms with Crippen LogP contribution in [0.4, 0.5) is 0 Å². The van der Waals surface area contributed by atoms with E-state index in [9.17, 15) is 23.8 Å². The maximum Gasteiger partial charge on any atom is 0.472 e. The number of esters is 2. The molecule has 0 spiro atoms. The lowest BCUT2D eigenvalue weighted by atomic mass is 10.2. The standard InChI is InChI=1S/C46H72NO10P/c1-3-5-7-9-11-13-15-17-19-21-23-25-27-29-31-33-35-37-44(48)54-39-42(40-55-58(52,53)56-41-43(47)46(50)51)57-45(49)38-36-34-32-30-28-26-24-22-20-18-16-14-12-10-8-6-4-2/h6,8,11-14,17-20,23-26,29-32,42-43H,3-5,7,9-10,15-16,21-22,27-28,33-41,47H2,1-2H3,(H,50,51)(H,52,53)/b8-6-,13-11-,14-12-,19-17-,20-18-,25-23-,26-24-,31-29-,32-30-/t42-,43+/m1/s1. The van der Waals surface area contributed by atoms with E-state index in [1.807, 2.05) is 24.3 Å². The average molecular weight is 830 g/mol. The summed E-state index contributed by atoms with van der Waals surface area (Å²) in [7, 11) is -4.75. The van der Waals surface area contributed by atoms with Crippen molar-refractivity contribution in [1.29, 1.82) is 0 Å². The number of carboxylic acids is 1. The highest BCUT2D eigenvalue weighted by molar-refractivity contribution is 7.47. The van der Waals surface area contributed by atoms with E-state index in [0.29, 0.717) is 25.7 Å². The van der Waals surface area contributed by atoms with E-state index < -0.39 is 57.7 Å². The van der Waals surface area contributed by atoms with E-state index in [1.54, 1.807) is 0 Å². The lowest BCUT2D eigenvalue weighted by molar-refractivity contribution is -0.161. The number of phosphoric acid groups is 1. The third-order valence-electron chi connectivity index (χ3n) is 8.00. The predicted octanol–water partition coefficient (Wildman–Crippen LogP) is 11.1. The molecule has 0 saturated heterocycles. The summed E-state index contributed by atoms with van der Waals surface area (Å²) in [4.78, 5) is 45.9. The molecule has 1 unspecified atom stereocenters. The normalized spacial score (nSPS) is 14.8. The monoisotopic (exact) mass is 829 g/mol. The first-order chi connectivity index (χ1) is 28.1. The van der Waals surface area contributed by atoms with Crippen molar-refractivity contribution in [2.24, 2.45) is 5.73 Å². The number of phosphoric ester groups is 1. The number of carboxylic acid groups (broad SMARTS) is 1. The molecule has 0 fully saturated rings. The Labute approximate surface area is 348 Å². The number of hydrogen-bond donors (Lipinski definition) is 3. The number of carbonyl (C=O) groups is 3. The summed E-state index contributed by atoms with van der Waals surface area (Å²) in [6.07, 6.45) is 51.7. The van der Waals surface area contributed by atoms with E-state index >= 15 is 0 Å². The van der Waals surface area contributed by atoms with E-state index in [4.69, 9.17) is 24.8 Å². The first-order valence-electron chi connectivity index (χ1n) is 20.9. The lowest BCUT2D eigenvalue weighted by Gasteiger charge is -2.20. The van der Waals surface area contributed by atoms with Gasteiger partial charge in [0.25, 0.3) is 0 Å². The summed E-state index contributed by atoms with van der Waals surface area (Å²) in [5, 5.41) is 8.88. The van der Waals surface area contributed by atoms with Crippen LogP contribution in [0.5, 0.6) is 0 Å². The van der Waals surface area contributed by atoms with Crippen molar-refractivity contribution in [3.63, 3.8) is 0 Å². The first kappa shape index (κ1) is 54.1. The van der Waals surface area contributed by atoms with E-state index in [1.165, 1.54) is 19.3 Å². The summed E-state index contributed by atoms with van der Waals surface area (Å²) < 4.78 is 32.5. The molecule has 326 valence electrons. The van der Waals surface area contributed by atoms with E-state index in [-0.39, 0.29) is 12.8 Å². The Bertz CT molecular complexity index is 1390. The number of ether oxygens (including phenoxy) is 2. The Morgan fingerprint density at radius 3 is 1.38 bits per heavy atom. The SMILES string of the molecule is CC/C=C\C/C=C\C/C=C\C/C=C\C/C=C\CCCC(=O)O[C@H](COC(=O)CCC/C=C\C/C=C\C/C=C\C/C=C\CCCCC)COP(=O)(O)OC[C@H](N)C(=O)O. The van der Waals surface area contributed by atoms with Gasteiger partial charge >= 0.3 is 25.7 Å². The molecular weight excluding hydrogens is 757 g/mol. The van der Waals surface area contributed by atoms with Crippen molar-refractivity contribution in [3.8, 4) is 0 Å². The fourth-order valence-corrected chi connectivity index (χ4v) is 5.52. The average Bonchev–Trinajstić information content (AvgIpc) is 3.20. The number of rotatable bonds is 37. The van der Waals surface area contributed by atoms with Crippen LogP contribution in [0.25, 0.3) is 0 Å². The minimum absolute atomic E-state index is 0.0641. The zero-order chi connectivity index (χ0) is 42.8. The first-order valence-corrected chi connectivity index (χ1v) is 22.4. The minimum Gasteiger partial charge on any atom is -0.480 e. The Morgan fingerprint density at radius 1 is 0.552 bits per heavy atom. The summed E-state index contributed by atoms with van der Waals surface area (Å²) in [6, 6.07) is -1.54. The molecule has 0 aliphatic heterocycles. The van der Waals surface area contributed by atoms with Gasteiger partial charge in [-0.2, -0.15) is 0 Å². The third kappa shape index (κ3) is 39.0. The van der Waals surface area contributed by atoms with Crippen LogP contribution in [0.1, 0.15) is 129 Å². The molecule has 12 heteroatoms. The molecule has 0 rings (SSSR count). The number of carbonyl (C=O) groups excluding carboxylic acids is 2. The second-order valence-corrected chi connectivity index (χ2v) is 14.8. The molecule has 0 amide bonds. The van der Waals surface area contributed by atoms with Gasteiger partial charge in [0.2, 0.25) is 0 Å². The molecule has 0 aromatic heterocycles. The highest BCUT2D eigenvalue weighted by Gasteiger charge is 2.28. The largest absolute Gasteiger partial charge is 0.480 e. The Kier molecular flexibility index (Phi) is 37.3. The maximum absolute atomic E-state index is 12.6. The molecule has 0 radical (unpaired) electrons. The van der Waals surface area contributed by atoms with Crippen LogP contribution in [-0.2, 0) is 37.5 Å². The number of aliphatic carboxylic acids is 1. The zero-order valence-electron chi connectivity index (χ0n) is 35.1. The topological polar surface area (TPSA) is 172 Å². The molecule has 0 heterocycles. The van der Waals surface area contributed by atoms with Crippen molar-refractivity contribution in [2.75, 3.05) is 19.8 Å². The molecule has 0 aliphatic carbocycles. The lowest BCUT2D eigenvalue weighted by Crippen LogP contribution is -2.34. The van der Waals surface area contributed by atoms with Crippen molar-refractivity contribution < 1.29 is 47.5 Å². The van der Waals surface area contributed by atoms with Crippen LogP contribution >= 0.6 is 7.82 Å². The molecule has 0 saturated carbocycles. The number of allylic oxidation sites excluding steroid dienone is 18. The van der Waals surface area contributed by atoms with Gasteiger partial charge in [-0.05, 0) is 89.9 Å². The van der Waals surface area contributed by atoms with Gasteiger partial charge in [-0.3, -0.25) is 23.4 Å². The van der Waals surface area contributed by atoms with Gasteiger partial charge in [0.15, 0.2) is 6.10 Å². The molecule has 4 N–H and O–H groups in total. The zero-order valence-corrected chi connectivity index (χ0v) is 36.0. The van der Waals surface area contributed by atoms with Crippen molar-refractivity contribution >= 4 is 25.7 Å². The van der Waals surface area contributed by atoms with Gasteiger partial charge in [-0.15, -0.1) is 0 Å². The van der Waals surface area contributed by atoms with Gasteiger partial charge in [0.1, 0.15) is 12.6 Å². The quantitative estimate of drug-likeness (QED) is 0.0235. The Balaban J connectivity index is 4.61. The van der Waals surface area contributed by atoms with Gasteiger partial charge in [-0.1, -0.05) is 136 Å². The second-order valence-electron chi connectivity index (χ2n) is 13.4. The summed E-state index contributed by atoms with van der Waals surface area (Å²) in [5.41, 5.74) is 5.32. The molecule has 3 atom stereocenters. The van der Waals surface area contributed by atoms with Gasteiger partial charge in [0.05, 0.1) is 13.2 Å². The highest BCUT2D eigenvalue weighted by atomic mass is 31.2.